The Morgan fingerprint density at radius 2 is 1.88 bits per heavy atom. The van der Waals surface area contributed by atoms with Crippen molar-refractivity contribution in [3.8, 4) is 0 Å². The highest BCUT2D eigenvalue weighted by atomic mass is 35.5. The molecule has 2 rings (SSSR count). The van der Waals surface area contributed by atoms with E-state index in [1.807, 2.05) is 12.1 Å². The zero-order valence-corrected chi connectivity index (χ0v) is 11.2. The van der Waals surface area contributed by atoms with Crippen molar-refractivity contribution in [2.45, 2.75) is 18.8 Å². The molecule has 1 saturated heterocycles. The van der Waals surface area contributed by atoms with Gasteiger partial charge in [0.05, 0.1) is 0 Å². The number of piperidine rings is 1. The Hall–Kier alpha value is -0.570. The number of likely N-dealkylation sites (tertiary alicyclic amines) is 1. The summed E-state index contributed by atoms with van der Waals surface area (Å²) >= 11 is 5.93. The van der Waals surface area contributed by atoms with Gasteiger partial charge in [-0.25, -0.2) is 0 Å². The molecule has 1 fully saturated rings. The van der Waals surface area contributed by atoms with E-state index in [4.69, 9.17) is 17.3 Å². The van der Waals surface area contributed by atoms with Crippen molar-refractivity contribution in [2.24, 2.45) is 11.7 Å². The third kappa shape index (κ3) is 3.21. The first kappa shape index (κ1) is 12.9. The Labute approximate surface area is 109 Å². The van der Waals surface area contributed by atoms with Gasteiger partial charge in [0.2, 0.25) is 0 Å². The lowest BCUT2D eigenvalue weighted by atomic mass is 9.80. The standard InChI is InChI=1S/C14H21ClN2/c1-17-8-6-12(7-9-17)14(10-16)11-2-4-13(15)5-3-11/h2-5,12,14H,6-10,16H2,1H3. The molecular formula is C14H21ClN2. The molecule has 0 amide bonds. The first-order valence-electron chi connectivity index (χ1n) is 6.35. The van der Waals surface area contributed by atoms with E-state index < -0.39 is 0 Å². The zero-order valence-electron chi connectivity index (χ0n) is 10.4. The van der Waals surface area contributed by atoms with E-state index >= 15 is 0 Å². The van der Waals surface area contributed by atoms with Gasteiger partial charge in [0.25, 0.3) is 0 Å². The summed E-state index contributed by atoms with van der Waals surface area (Å²) in [7, 11) is 2.19. The van der Waals surface area contributed by atoms with Crippen LogP contribution >= 0.6 is 11.6 Å². The van der Waals surface area contributed by atoms with Gasteiger partial charge in [-0.1, -0.05) is 23.7 Å². The van der Waals surface area contributed by atoms with Crippen LogP contribution in [0, 0.1) is 5.92 Å². The maximum absolute atomic E-state index is 5.96. The number of hydrogen-bond acceptors (Lipinski definition) is 2. The van der Waals surface area contributed by atoms with Gasteiger partial charge in [-0.2, -0.15) is 0 Å². The molecule has 17 heavy (non-hydrogen) atoms. The largest absolute Gasteiger partial charge is 0.330 e. The Balaban J connectivity index is 2.08. The van der Waals surface area contributed by atoms with Crippen molar-refractivity contribution >= 4 is 11.6 Å². The van der Waals surface area contributed by atoms with Gasteiger partial charge in [-0.05, 0) is 69.1 Å². The summed E-state index contributed by atoms with van der Waals surface area (Å²) in [5, 5.41) is 0.799. The average Bonchev–Trinajstić information content (AvgIpc) is 2.35. The zero-order chi connectivity index (χ0) is 12.3. The fourth-order valence-electron chi connectivity index (χ4n) is 2.74. The van der Waals surface area contributed by atoms with Crippen molar-refractivity contribution in [3.63, 3.8) is 0 Å². The third-order valence-electron chi connectivity index (χ3n) is 3.88. The van der Waals surface area contributed by atoms with Crippen LogP contribution in [0.2, 0.25) is 5.02 Å². The molecule has 94 valence electrons. The van der Waals surface area contributed by atoms with E-state index in [2.05, 4.69) is 24.1 Å². The molecule has 3 heteroatoms. The molecule has 0 aromatic heterocycles. The van der Waals surface area contributed by atoms with Crippen LogP contribution < -0.4 is 5.73 Å². The highest BCUT2D eigenvalue weighted by molar-refractivity contribution is 6.30. The third-order valence-corrected chi connectivity index (χ3v) is 4.14. The molecule has 0 aliphatic carbocycles. The maximum Gasteiger partial charge on any atom is 0.0406 e. The Morgan fingerprint density at radius 3 is 2.41 bits per heavy atom. The van der Waals surface area contributed by atoms with Crippen molar-refractivity contribution in [1.29, 1.82) is 0 Å². The summed E-state index contributed by atoms with van der Waals surface area (Å²) in [6.45, 7) is 3.11. The van der Waals surface area contributed by atoms with Crippen LogP contribution in [0.5, 0.6) is 0 Å². The van der Waals surface area contributed by atoms with Gasteiger partial charge in [-0.15, -0.1) is 0 Å². The highest BCUT2D eigenvalue weighted by Gasteiger charge is 2.25. The summed E-state index contributed by atoms with van der Waals surface area (Å²) in [6, 6.07) is 8.18. The normalized spacial score (nSPS) is 20.4. The predicted molar refractivity (Wildman–Crippen MR) is 73.5 cm³/mol. The van der Waals surface area contributed by atoms with E-state index in [9.17, 15) is 0 Å². The van der Waals surface area contributed by atoms with E-state index in [0.29, 0.717) is 5.92 Å². The quantitative estimate of drug-likeness (QED) is 0.896. The number of benzene rings is 1. The van der Waals surface area contributed by atoms with Gasteiger partial charge < -0.3 is 10.6 Å². The molecule has 1 aliphatic rings. The molecule has 1 aromatic rings. The van der Waals surface area contributed by atoms with E-state index in [1.54, 1.807) is 0 Å². The molecule has 1 heterocycles. The number of halogens is 1. The molecular weight excluding hydrogens is 232 g/mol. The summed E-state index contributed by atoms with van der Waals surface area (Å²) < 4.78 is 0. The van der Waals surface area contributed by atoms with E-state index in [1.165, 1.54) is 31.5 Å². The lowest BCUT2D eigenvalue weighted by Crippen LogP contribution is -2.34. The highest BCUT2D eigenvalue weighted by Crippen LogP contribution is 2.32. The van der Waals surface area contributed by atoms with Gasteiger partial charge in [0, 0.05) is 5.02 Å². The topological polar surface area (TPSA) is 29.3 Å². The molecule has 2 N–H and O–H groups in total. The molecule has 0 saturated carbocycles. The minimum absolute atomic E-state index is 0.487. The van der Waals surface area contributed by atoms with Gasteiger partial charge in [0.1, 0.15) is 0 Å². The SMILES string of the molecule is CN1CCC(C(CN)c2ccc(Cl)cc2)CC1. The van der Waals surface area contributed by atoms with Crippen LogP contribution in [0.15, 0.2) is 24.3 Å². The molecule has 0 bridgehead atoms. The Morgan fingerprint density at radius 1 is 1.29 bits per heavy atom. The van der Waals surface area contributed by atoms with Gasteiger partial charge in [0.15, 0.2) is 0 Å². The van der Waals surface area contributed by atoms with Crippen molar-refractivity contribution < 1.29 is 0 Å². The lowest BCUT2D eigenvalue weighted by molar-refractivity contribution is 0.199. The molecule has 1 aromatic carbocycles. The minimum Gasteiger partial charge on any atom is -0.330 e. The van der Waals surface area contributed by atoms with Crippen molar-refractivity contribution in [2.75, 3.05) is 26.7 Å². The second kappa shape index (κ2) is 5.85. The fourth-order valence-corrected chi connectivity index (χ4v) is 2.87. The van der Waals surface area contributed by atoms with Crippen LogP contribution in [0.1, 0.15) is 24.3 Å². The van der Waals surface area contributed by atoms with Gasteiger partial charge >= 0.3 is 0 Å². The molecule has 0 spiro atoms. The van der Waals surface area contributed by atoms with E-state index in [-0.39, 0.29) is 0 Å². The number of rotatable bonds is 3. The predicted octanol–water partition coefficient (Wildman–Crippen LogP) is 2.72. The summed E-state index contributed by atoms with van der Waals surface area (Å²) in [4.78, 5) is 2.39. The number of nitrogens with two attached hydrogens (primary N) is 1. The Bertz CT molecular complexity index is 342. The van der Waals surface area contributed by atoms with Crippen LogP contribution in [-0.4, -0.2) is 31.6 Å². The maximum atomic E-state index is 5.96. The van der Waals surface area contributed by atoms with Crippen molar-refractivity contribution in [1.82, 2.24) is 4.90 Å². The summed E-state index contributed by atoms with van der Waals surface area (Å²) in [5.41, 5.74) is 7.30. The number of nitrogens with zero attached hydrogens (tertiary/aromatic N) is 1. The second-order valence-corrected chi connectivity index (χ2v) is 5.47. The smallest absolute Gasteiger partial charge is 0.0406 e. The molecule has 2 nitrogen and oxygen atoms in total. The molecule has 0 radical (unpaired) electrons. The minimum atomic E-state index is 0.487. The molecule has 1 aliphatic heterocycles. The first-order chi connectivity index (χ1) is 8.20. The lowest BCUT2D eigenvalue weighted by Gasteiger charge is -2.34. The van der Waals surface area contributed by atoms with Crippen LogP contribution in [0.4, 0.5) is 0 Å². The van der Waals surface area contributed by atoms with Crippen molar-refractivity contribution in [3.05, 3.63) is 34.9 Å². The fraction of sp³-hybridized carbons (Fsp3) is 0.571. The van der Waals surface area contributed by atoms with Crippen LogP contribution in [-0.2, 0) is 0 Å². The van der Waals surface area contributed by atoms with Crippen LogP contribution in [0.3, 0.4) is 0 Å². The van der Waals surface area contributed by atoms with Gasteiger partial charge in [-0.3, -0.25) is 0 Å². The number of hydrogen-bond donors (Lipinski definition) is 1. The summed E-state index contributed by atoms with van der Waals surface area (Å²) in [6.07, 6.45) is 2.50. The summed E-state index contributed by atoms with van der Waals surface area (Å²) in [5.74, 6) is 1.21. The molecule has 1 atom stereocenters. The monoisotopic (exact) mass is 252 g/mol. The average molecular weight is 253 g/mol. The second-order valence-electron chi connectivity index (χ2n) is 5.03. The Kier molecular flexibility index (Phi) is 4.43. The van der Waals surface area contributed by atoms with E-state index in [0.717, 1.165) is 17.5 Å². The molecule has 1 unspecified atom stereocenters. The van der Waals surface area contributed by atoms with Crippen LogP contribution in [0.25, 0.3) is 0 Å². The first-order valence-corrected chi connectivity index (χ1v) is 6.72.